The normalized spacial score (nSPS) is 10.6. The number of carbonyl (C=O) groups is 2. The van der Waals surface area contributed by atoms with Gasteiger partial charge in [0.15, 0.2) is 0 Å². The summed E-state index contributed by atoms with van der Waals surface area (Å²) in [5.74, 6) is -0.0318. The Morgan fingerprint density at radius 1 is 0.943 bits per heavy atom. The molecule has 4 aromatic rings. The van der Waals surface area contributed by atoms with Crippen LogP contribution in [0.15, 0.2) is 72.9 Å². The molecule has 3 aromatic carbocycles. The Bertz CT molecular complexity index is 1350. The van der Waals surface area contributed by atoms with Gasteiger partial charge in [-0.1, -0.05) is 48.0 Å². The third kappa shape index (κ3) is 5.41. The van der Waals surface area contributed by atoms with Gasteiger partial charge in [-0.2, -0.15) is 5.10 Å². The Kier molecular flexibility index (Phi) is 6.96. The van der Waals surface area contributed by atoms with Gasteiger partial charge in [0.25, 0.3) is 5.91 Å². The summed E-state index contributed by atoms with van der Waals surface area (Å²) in [7, 11) is 1.59. The Morgan fingerprint density at radius 3 is 2.34 bits per heavy atom. The first-order valence-corrected chi connectivity index (χ1v) is 11.3. The zero-order valence-electron chi connectivity index (χ0n) is 20.3. The highest BCUT2D eigenvalue weighted by Gasteiger charge is 2.20. The van der Waals surface area contributed by atoms with Crippen LogP contribution >= 0.6 is 0 Å². The molecule has 0 radical (unpaired) electrons. The van der Waals surface area contributed by atoms with Gasteiger partial charge in [-0.25, -0.2) is 4.68 Å². The van der Waals surface area contributed by atoms with Crippen molar-refractivity contribution in [3.63, 3.8) is 0 Å². The number of hydrogen-bond donors (Lipinski definition) is 2. The number of amides is 2. The van der Waals surface area contributed by atoms with Gasteiger partial charge in [0.05, 0.1) is 24.9 Å². The van der Waals surface area contributed by atoms with E-state index in [1.165, 1.54) is 0 Å². The van der Waals surface area contributed by atoms with Crippen molar-refractivity contribution in [1.29, 1.82) is 0 Å². The Balaban J connectivity index is 1.57. The molecule has 0 aliphatic heterocycles. The number of carbonyl (C=O) groups excluding carboxylic acids is 2. The van der Waals surface area contributed by atoms with Crippen molar-refractivity contribution in [3.8, 4) is 22.7 Å². The van der Waals surface area contributed by atoms with Gasteiger partial charge < -0.3 is 15.4 Å². The average Bonchev–Trinajstić information content (AvgIpc) is 3.31. The number of nitrogens with one attached hydrogen (secondary N) is 2. The minimum Gasteiger partial charge on any atom is -0.497 e. The van der Waals surface area contributed by atoms with Gasteiger partial charge in [-0.05, 0) is 56.2 Å². The van der Waals surface area contributed by atoms with Crippen LogP contribution in [0, 0.1) is 20.8 Å². The first kappa shape index (κ1) is 23.8. The maximum Gasteiger partial charge on any atom is 0.255 e. The summed E-state index contributed by atoms with van der Waals surface area (Å²) in [5, 5.41) is 10.3. The lowest BCUT2D eigenvalue weighted by atomic mass is 10.1. The zero-order valence-corrected chi connectivity index (χ0v) is 20.3. The highest BCUT2D eigenvalue weighted by atomic mass is 16.5. The number of ether oxygens (including phenoxy) is 1. The third-order valence-electron chi connectivity index (χ3n) is 5.67. The molecule has 4 rings (SSSR count). The minimum absolute atomic E-state index is 0.167. The SMILES string of the molecule is COc1cccc(-c2nn(-c3ccccc3)cc2C(=O)NCC(=O)Nc2c(C)cc(C)cc2C)c1. The summed E-state index contributed by atoms with van der Waals surface area (Å²) < 4.78 is 7.00. The molecule has 0 fully saturated rings. The lowest BCUT2D eigenvalue weighted by Gasteiger charge is -2.13. The van der Waals surface area contributed by atoms with Gasteiger partial charge in [-0.3, -0.25) is 9.59 Å². The number of aromatic nitrogens is 2. The van der Waals surface area contributed by atoms with Crippen LogP contribution in [-0.2, 0) is 4.79 Å². The van der Waals surface area contributed by atoms with Gasteiger partial charge in [0.2, 0.25) is 5.91 Å². The summed E-state index contributed by atoms with van der Waals surface area (Å²) in [4.78, 5) is 25.8. The van der Waals surface area contributed by atoms with Crippen molar-refractivity contribution in [2.24, 2.45) is 0 Å². The molecule has 0 spiro atoms. The van der Waals surface area contributed by atoms with E-state index in [-0.39, 0.29) is 12.5 Å². The van der Waals surface area contributed by atoms with Crippen molar-refractivity contribution in [1.82, 2.24) is 15.1 Å². The molecule has 1 heterocycles. The molecule has 0 unspecified atom stereocenters. The molecular formula is C28H28N4O3. The summed E-state index contributed by atoms with van der Waals surface area (Å²) >= 11 is 0. The molecule has 0 aliphatic carbocycles. The number of nitrogens with zero attached hydrogens (tertiary/aromatic N) is 2. The lowest BCUT2D eigenvalue weighted by molar-refractivity contribution is -0.115. The molecule has 2 N–H and O–H groups in total. The molecular weight excluding hydrogens is 440 g/mol. The van der Waals surface area contributed by atoms with Crippen LogP contribution in [0.25, 0.3) is 16.9 Å². The van der Waals surface area contributed by atoms with Crippen molar-refractivity contribution in [2.45, 2.75) is 20.8 Å². The molecule has 178 valence electrons. The van der Waals surface area contributed by atoms with Crippen molar-refractivity contribution in [2.75, 3.05) is 19.0 Å². The Morgan fingerprint density at radius 2 is 1.66 bits per heavy atom. The lowest BCUT2D eigenvalue weighted by Crippen LogP contribution is -2.33. The van der Waals surface area contributed by atoms with Crippen LogP contribution in [0.1, 0.15) is 27.0 Å². The fourth-order valence-corrected chi connectivity index (χ4v) is 4.05. The first-order chi connectivity index (χ1) is 16.9. The number of rotatable bonds is 7. The monoisotopic (exact) mass is 468 g/mol. The quantitative estimate of drug-likeness (QED) is 0.406. The summed E-state index contributed by atoms with van der Waals surface area (Å²) in [6.45, 7) is 5.75. The maximum absolute atomic E-state index is 13.2. The van der Waals surface area contributed by atoms with Crippen LogP contribution < -0.4 is 15.4 Å². The third-order valence-corrected chi connectivity index (χ3v) is 5.67. The second kappa shape index (κ2) is 10.3. The molecule has 2 amide bonds. The van der Waals surface area contributed by atoms with E-state index in [2.05, 4.69) is 15.7 Å². The number of benzene rings is 3. The molecule has 0 saturated carbocycles. The minimum atomic E-state index is -0.391. The van der Waals surface area contributed by atoms with Crippen molar-refractivity contribution in [3.05, 3.63) is 95.2 Å². The maximum atomic E-state index is 13.2. The summed E-state index contributed by atoms with van der Waals surface area (Å²) in [6, 6.07) is 20.9. The number of hydrogen-bond acceptors (Lipinski definition) is 4. The summed E-state index contributed by atoms with van der Waals surface area (Å²) in [5.41, 5.74) is 6.26. The molecule has 0 bridgehead atoms. The predicted molar refractivity (Wildman–Crippen MR) is 137 cm³/mol. The predicted octanol–water partition coefficient (Wildman–Crippen LogP) is 4.84. The highest BCUT2D eigenvalue weighted by molar-refractivity contribution is 6.03. The number of aryl methyl sites for hydroxylation is 3. The van der Waals surface area contributed by atoms with E-state index >= 15 is 0 Å². The smallest absolute Gasteiger partial charge is 0.255 e. The second-order valence-corrected chi connectivity index (χ2v) is 8.41. The highest BCUT2D eigenvalue weighted by Crippen LogP contribution is 2.27. The second-order valence-electron chi connectivity index (χ2n) is 8.41. The zero-order chi connectivity index (χ0) is 24.9. The largest absolute Gasteiger partial charge is 0.497 e. The number of para-hydroxylation sites is 1. The van der Waals surface area contributed by atoms with E-state index in [1.807, 2.05) is 87.5 Å². The van der Waals surface area contributed by atoms with Crippen LogP contribution in [0.4, 0.5) is 5.69 Å². The number of anilines is 1. The Hall–Kier alpha value is -4.39. The van der Waals surface area contributed by atoms with Gasteiger partial charge >= 0.3 is 0 Å². The average molecular weight is 469 g/mol. The topological polar surface area (TPSA) is 85.2 Å². The van der Waals surface area contributed by atoms with Crippen LogP contribution in [0.2, 0.25) is 0 Å². The fraction of sp³-hybridized carbons (Fsp3) is 0.179. The molecule has 0 atom stereocenters. The summed E-state index contributed by atoms with van der Waals surface area (Å²) in [6.07, 6.45) is 1.67. The van der Waals surface area contributed by atoms with Gasteiger partial charge in [0, 0.05) is 17.4 Å². The van der Waals surface area contributed by atoms with Crippen LogP contribution in [0.3, 0.4) is 0 Å². The van der Waals surface area contributed by atoms with Crippen LogP contribution in [-0.4, -0.2) is 35.2 Å². The van der Waals surface area contributed by atoms with E-state index in [0.29, 0.717) is 17.0 Å². The van der Waals surface area contributed by atoms with Gasteiger partial charge in [0.1, 0.15) is 11.4 Å². The van der Waals surface area contributed by atoms with Crippen LogP contribution in [0.5, 0.6) is 5.75 Å². The van der Waals surface area contributed by atoms with E-state index in [9.17, 15) is 9.59 Å². The van der Waals surface area contributed by atoms with E-state index in [4.69, 9.17) is 4.74 Å². The molecule has 7 nitrogen and oxygen atoms in total. The molecule has 0 saturated heterocycles. The molecule has 7 heteroatoms. The van der Waals surface area contributed by atoms with E-state index < -0.39 is 5.91 Å². The van der Waals surface area contributed by atoms with Gasteiger partial charge in [-0.15, -0.1) is 0 Å². The number of methoxy groups -OCH3 is 1. The van der Waals surface area contributed by atoms with Crippen molar-refractivity contribution < 1.29 is 14.3 Å². The molecule has 35 heavy (non-hydrogen) atoms. The Labute approximate surface area is 204 Å². The standard InChI is InChI=1S/C28H28N4O3/c1-18-13-19(2)26(20(3)14-18)30-25(33)16-29-28(34)24-17-32(22-10-6-5-7-11-22)31-27(24)21-9-8-12-23(15-21)35-4/h5-15,17H,16H2,1-4H3,(H,29,34)(H,30,33). The molecule has 0 aliphatic rings. The van der Waals surface area contributed by atoms with E-state index in [1.54, 1.807) is 18.0 Å². The fourth-order valence-electron chi connectivity index (χ4n) is 4.05. The first-order valence-electron chi connectivity index (χ1n) is 11.3. The molecule has 1 aromatic heterocycles. The van der Waals surface area contributed by atoms with Crippen molar-refractivity contribution >= 4 is 17.5 Å². The van der Waals surface area contributed by atoms with E-state index in [0.717, 1.165) is 33.6 Å².